The van der Waals surface area contributed by atoms with Crippen molar-refractivity contribution < 1.29 is 8.96 Å². The Kier molecular flexibility index (Phi) is 4.97. The second-order valence-corrected chi connectivity index (χ2v) is 8.09. The third-order valence-corrected chi connectivity index (χ3v) is 6.53. The number of hydrogen-bond acceptors (Lipinski definition) is 2. The topological polar surface area (TPSA) is 19.6 Å². The number of nitrogens with zero attached hydrogens (tertiary/aromatic N) is 5. The van der Waals surface area contributed by atoms with Crippen LogP contribution in [0.1, 0.15) is 33.0 Å². The van der Waals surface area contributed by atoms with Crippen LogP contribution in [0, 0.1) is 12.4 Å². The van der Waals surface area contributed by atoms with Crippen LogP contribution in [-0.4, -0.2) is 17.7 Å². The van der Waals surface area contributed by atoms with Crippen LogP contribution in [0.5, 0.6) is 0 Å². The lowest BCUT2D eigenvalue weighted by Crippen LogP contribution is -2.35. The van der Waals surface area contributed by atoms with Crippen LogP contribution >= 0.6 is 0 Å². The zero-order valence-electron chi connectivity index (χ0n) is 18.8. The summed E-state index contributed by atoms with van der Waals surface area (Å²) < 4.78 is 18.5. The fourth-order valence-electron chi connectivity index (χ4n) is 5.15. The first-order chi connectivity index (χ1) is 15.6. The highest BCUT2D eigenvalue weighted by molar-refractivity contribution is 5.86. The molecule has 3 heterocycles. The van der Waals surface area contributed by atoms with Crippen LogP contribution in [-0.2, 0) is 13.1 Å². The molecule has 2 aromatic carbocycles. The van der Waals surface area contributed by atoms with E-state index in [1.165, 1.54) is 11.4 Å². The molecule has 1 aromatic heterocycles. The van der Waals surface area contributed by atoms with Crippen LogP contribution in [0.25, 0.3) is 21.5 Å². The van der Waals surface area contributed by atoms with Gasteiger partial charge in [-0.05, 0) is 57.2 Å². The smallest absolute Gasteiger partial charge is 0.285 e. The van der Waals surface area contributed by atoms with Gasteiger partial charge in [-0.2, -0.15) is 0 Å². The number of allylic oxidation sites excluding steroid dienone is 3. The van der Waals surface area contributed by atoms with Crippen LogP contribution in [0.3, 0.4) is 0 Å². The van der Waals surface area contributed by atoms with Gasteiger partial charge in [-0.3, -0.25) is 0 Å². The molecule has 0 spiro atoms. The maximum Gasteiger partial charge on any atom is 0.285 e. The Balaban J connectivity index is 1.61. The molecule has 0 unspecified atom stereocenters. The predicted octanol–water partition coefficient (Wildman–Crippen LogP) is 5.63. The van der Waals surface area contributed by atoms with Crippen molar-refractivity contribution in [2.24, 2.45) is 0 Å². The van der Waals surface area contributed by atoms with E-state index in [-0.39, 0.29) is 5.82 Å². The third kappa shape index (κ3) is 2.92. The molecule has 0 N–H and O–H groups in total. The van der Waals surface area contributed by atoms with Crippen molar-refractivity contribution >= 4 is 33.7 Å². The van der Waals surface area contributed by atoms with E-state index in [1.807, 2.05) is 18.2 Å². The average molecular weight is 429 g/mol. The van der Waals surface area contributed by atoms with Crippen LogP contribution in [0.15, 0.2) is 54.4 Å². The molecule has 0 saturated carbocycles. The molecule has 0 radical (unpaired) electrons. The minimum atomic E-state index is -0.194. The molecular weight excluding hydrogens is 401 g/mol. The average Bonchev–Trinajstić information content (AvgIpc) is 3.45. The van der Waals surface area contributed by atoms with Crippen molar-refractivity contribution in [3.8, 4) is 0 Å². The summed E-state index contributed by atoms with van der Waals surface area (Å²) in [7, 11) is 0. The molecule has 5 rings (SSSR count). The Hall–Kier alpha value is -3.59. The molecule has 6 heteroatoms. The summed E-state index contributed by atoms with van der Waals surface area (Å²) in [6.45, 7) is 17.2. The van der Waals surface area contributed by atoms with Crippen molar-refractivity contribution in [2.75, 3.05) is 22.9 Å². The third-order valence-electron chi connectivity index (χ3n) is 6.53. The van der Waals surface area contributed by atoms with E-state index in [9.17, 15) is 4.39 Å². The zero-order chi connectivity index (χ0) is 22.4. The first-order valence-corrected chi connectivity index (χ1v) is 11.3. The minimum absolute atomic E-state index is 0.194. The normalized spacial score (nSPS) is 17.5. The highest BCUT2D eigenvalue weighted by Crippen LogP contribution is 2.43. The Morgan fingerprint density at radius 2 is 1.81 bits per heavy atom. The van der Waals surface area contributed by atoms with E-state index in [0.29, 0.717) is 5.69 Å². The number of fused-ring (bicyclic) bond motifs is 4. The molecule has 0 aliphatic carbocycles. The van der Waals surface area contributed by atoms with Gasteiger partial charge >= 0.3 is 0 Å². The van der Waals surface area contributed by atoms with Crippen molar-refractivity contribution in [1.29, 1.82) is 0 Å². The van der Waals surface area contributed by atoms with Gasteiger partial charge in [0.05, 0.1) is 31.0 Å². The van der Waals surface area contributed by atoms with Crippen LogP contribution in [0.2, 0.25) is 0 Å². The fourth-order valence-corrected chi connectivity index (χ4v) is 5.15. The van der Waals surface area contributed by atoms with Gasteiger partial charge in [0.2, 0.25) is 0 Å². The van der Waals surface area contributed by atoms with E-state index in [1.54, 1.807) is 12.1 Å². The highest BCUT2D eigenvalue weighted by Gasteiger charge is 2.33. The summed E-state index contributed by atoms with van der Waals surface area (Å²) in [4.78, 5) is 8.19. The van der Waals surface area contributed by atoms with E-state index < -0.39 is 0 Å². The predicted molar refractivity (Wildman–Crippen MR) is 127 cm³/mol. The molecule has 0 bridgehead atoms. The Bertz CT molecular complexity index is 1320. The van der Waals surface area contributed by atoms with E-state index in [2.05, 4.69) is 62.8 Å². The molecular formula is C26H27FN5+. The summed E-state index contributed by atoms with van der Waals surface area (Å²) >= 11 is 0. The maximum absolute atomic E-state index is 13.9. The van der Waals surface area contributed by atoms with Crippen molar-refractivity contribution in [1.82, 2.24) is 4.57 Å². The summed E-state index contributed by atoms with van der Waals surface area (Å²) in [5, 5.41) is 0. The lowest BCUT2D eigenvalue weighted by atomic mass is 10.2. The molecule has 0 fully saturated rings. The monoisotopic (exact) mass is 428 g/mol. The number of hydrogen-bond donors (Lipinski definition) is 0. The van der Waals surface area contributed by atoms with Crippen molar-refractivity contribution in [3.63, 3.8) is 0 Å². The summed E-state index contributed by atoms with van der Waals surface area (Å²) in [6.07, 6.45) is 5.36. The second kappa shape index (κ2) is 7.83. The molecule has 0 amide bonds. The lowest BCUT2D eigenvalue weighted by molar-refractivity contribution is -0.670. The second-order valence-electron chi connectivity index (χ2n) is 8.09. The van der Waals surface area contributed by atoms with E-state index in [4.69, 9.17) is 6.57 Å². The van der Waals surface area contributed by atoms with Crippen molar-refractivity contribution in [2.45, 2.75) is 40.3 Å². The number of aromatic nitrogens is 2. The SMILES string of the molecule is [C-]#[N+]c1ccc2c(c1)N(CC)C(=CC=C1CCn3c1[n+](CC)c1ccc(F)cc13)N2CC. The van der Waals surface area contributed by atoms with Gasteiger partial charge in [0.15, 0.2) is 16.7 Å². The van der Waals surface area contributed by atoms with Gasteiger partial charge < -0.3 is 9.80 Å². The first kappa shape index (κ1) is 20.3. The lowest BCUT2D eigenvalue weighted by Gasteiger charge is -2.23. The number of benzene rings is 2. The highest BCUT2D eigenvalue weighted by atomic mass is 19.1. The minimum Gasteiger partial charge on any atom is -0.327 e. The first-order valence-electron chi connectivity index (χ1n) is 11.3. The maximum atomic E-state index is 13.9. The number of imidazole rings is 1. The van der Waals surface area contributed by atoms with Crippen LogP contribution in [0.4, 0.5) is 21.5 Å². The summed E-state index contributed by atoms with van der Waals surface area (Å²) in [5.41, 5.74) is 6.20. The molecule has 2 aliphatic heterocycles. The van der Waals surface area contributed by atoms with Gasteiger partial charge in [-0.15, -0.1) is 0 Å². The Morgan fingerprint density at radius 3 is 2.53 bits per heavy atom. The molecule has 2 aliphatic rings. The Morgan fingerprint density at radius 1 is 1.03 bits per heavy atom. The Labute approximate surface area is 188 Å². The number of anilines is 2. The zero-order valence-corrected chi connectivity index (χ0v) is 18.8. The van der Waals surface area contributed by atoms with E-state index >= 15 is 0 Å². The van der Waals surface area contributed by atoms with Crippen molar-refractivity contribution in [3.05, 3.63) is 77.4 Å². The van der Waals surface area contributed by atoms with Gasteiger partial charge in [0.25, 0.3) is 5.82 Å². The molecule has 0 saturated heterocycles. The molecule has 5 nitrogen and oxygen atoms in total. The van der Waals surface area contributed by atoms with Gasteiger partial charge in [0, 0.05) is 31.1 Å². The molecule has 162 valence electrons. The van der Waals surface area contributed by atoms with Gasteiger partial charge in [0.1, 0.15) is 11.6 Å². The fraction of sp³-hybridized carbons (Fsp3) is 0.308. The molecule has 0 atom stereocenters. The summed E-state index contributed by atoms with van der Waals surface area (Å²) in [5.74, 6) is 2.10. The summed E-state index contributed by atoms with van der Waals surface area (Å²) in [6, 6.07) is 11.0. The van der Waals surface area contributed by atoms with Crippen LogP contribution < -0.4 is 14.4 Å². The number of aryl methyl sites for hydroxylation is 2. The quantitative estimate of drug-likeness (QED) is 0.396. The number of halogens is 1. The van der Waals surface area contributed by atoms with Gasteiger partial charge in [-0.1, -0.05) is 6.07 Å². The van der Waals surface area contributed by atoms with E-state index in [0.717, 1.165) is 60.8 Å². The standard InChI is InChI=1S/C26H27FN5/c1-5-29-21-12-10-20(28-4)17-24(21)30(6-2)25(29)13-8-18-14-15-32-23-16-19(27)9-11-22(23)31(7-3)26(18)32/h8-13,16-17H,5-7,14-15H2,1-3H3/q+1. The van der Waals surface area contributed by atoms with Gasteiger partial charge in [-0.25, -0.2) is 18.4 Å². The largest absolute Gasteiger partial charge is 0.327 e. The molecule has 3 aromatic rings. The molecule has 32 heavy (non-hydrogen) atoms. The number of rotatable bonds is 4.